The van der Waals surface area contributed by atoms with E-state index in [1.165, 1.54) is 20.8 Å². The van der Waals surface area contributed by atoms with E-state index in [1.807, 2.05) is 0 Å². The summed E-state index contributed by atoms with van der Waals surface area (Å²) in [6, 6.07) is 0. The Bertz CT molecular complexity index is 639. The fraction of sp³-hybridized carbons (Fsp3) is 0.818. The average molecular weight is 328 g/mol. The van der Waals surface area contributed by atoms with Crippen LogP contribution in [-0.2, 0) is 19.6 Å². The first-order valence-electron chi connectivity index (χ1n) is 6.03. The highest BCUT2D eigenvalue weighted by atomic mass is 32.2. The van der Waals surface area contributed by atoms with Crippen molar-refractivity contribution in [3.63, 3.8) is 0 Å². The lowest BCUT2D eigenvalue weighted by Gasteiger charge is -2.40. The highest BCUT2D eigenvalue weighted by molar-refractivity contribution is 7.91. The highest BCUT2D eigenvalue weighted by Crippen LogP contribution is 2.65. The topological polar surface area (TPSA) is 95.9 Å². The number of halogens is 3. The van der Waals surface area contributed by atoms with Gasteiger partial charge in [-0.2, -0.15) is 26.0 Å². The van der Waals surface area contributed by atoms with Crippen molar-refractivity contribution in [3.8, 4) is 0 Å². The monoisotopic (exact) mass is 328 g/mol. The minimum absolute atomic E-state index is 0.0576. The third-order valence-corrected chi connectivity index (χ3v) is 5.92. The van der Waals surface area contributed by atoms with Gasteiger partial charge in [0.2, 0.25) is 0 Å². The Balaban J connectivity index is 2.55. The molecule has 1 aliphatic carbocycles. The van der Waals surface area contributed by atoms with Gasteiger partial charge in [-0.1, -0.05) is 13.8 Å². The molecular weight excluding hydrogens is 315 g/mol. The van der Waals surface area contributed by atoms with Crippen LogP contribution in [0.5, 0.6) is 0 Å². The zero-order valence-corrected chi connectivity index (χ0v) is 12.3. The summed E-state index contributed by atoms with van der Waals surface area (Å²) in [5.74, 6) is -2.31. The van der Waals surface area contributed by atoms with Crippen LogP contribution < -0.4 is 5.11 Å². The highest BCUT2D eigenvalue weighted by Gasteiger charge is 2.73. The van der Waals surface area contributed by atoms with Crippen molar-refractivity contribution in [3.05, 3.63) is 0 Å². The van der Waals surface area contributed by atoms with Crippen LogP contribution in [0.3, 0.4) is 0 Å². The molecule has 2 bridgehead atoms. The van der Waals surface area contributed by atoms with Gasteiger partial charge in [-0.25, -0.2) is 0 Å². The van der Waals surface area contributed by atoms with E-state index in [1.54, 1.807) is 0 Å². The van der Waals surface area contributed by atoms with Gasteiger partial charge >= 0.3 is 21.5 Å². The number of carbonyl (C=O) groups is 1. The molecule has 2 rings (SSSR count). The molecule has 120 valence electrons. The standard InChI is InChI=1S/C11H14F3NO5S/c1-8(2)9(3)4-5-10(8,20-7(9)17)6(16)15-21(18,19)11(12,13)14/h4-5H2,1-3H3,(H,15,16)/p-1. The van der Waals surface area contributed by atoms with Gasteiger partial charge in [0.25, 0.3) is 0 Å². The van der Waals surface area contributed by atoms with Crippen LogP contribution >= 0.6 is 0 Å². The zero-order chi connectivity index (χ0) is 16.5. The summed E-state index contributed by atoms with van der Waals surface area (Å²) >= 11 is 0. The second-order valence-corrected chi connectivity index (χ2v) is 7.59. The summed E-state index contributed by atoms with van der Waals surface area (Å²) in [7, 11) is -5.97. The number of carbonyl (C=O) groups excluding carboxylic acids is 1. The second kappa shape index (κ2) is 3.90. The van der Waals surface area contributed by atoms with Crippen molar-refractivity contribution in [2.75, 3.05) is 0 Å². The maximum absolute atomic E-state index is 12.3. The van der Waals surface area contributed by atoms with Crippen molar-refractivity contribution in [1.82, 2.24) is 0 Å². The summed E-state index contributed by atoms with van der Waals surface area (Å²) < 4.78 is 66.3. The molecule has 10 heteroatoms. The van der Waals surface area contributed by atoms with Gasteiger partial charge in [0.05, 0.1) is 5.41 Å². The number of alkyl halides is 3. The molecule has 6 nitrogen and oxygen atoms in total. The Hall–Kier alpha value is -1.32. The summed E-state index contributed by atoms with van der Waals surface area (Å²) in [5.41, 5.74) is -9.84. The molecule has 0 N–H and O–H groups in total. The molecule has 2 unspecified atom stereocenters. The Morgan fingerprint density at radius 2 is 1.81 bits per heavy atom. The van der Waals surface area contributed by atoms with E-state index in [9.17, 15) is 31.5 Å². The van der Waals surface area contributed by atoms with E-state index in [2.05, 4.69) is 4.40 Å². The van der Waals surface area contributed by atoms with E-state index < -0.39 is 43.8 Å². The number of rotatable bonds is 2. The SMILES string of the molecule is CC12CCC(/C([O-])=N/S(=O)(=O)C(F)(F)F)(OC1=O)C2(C)C. The van der Waals surface area contributed by atoms with E-state index >= 15 is 0 Å². The van der Waals surface area contributed by atoms with Crippen LogP contribution in [-0.4, -0.2) is 31.4 Å². The first-order chi connectivity index (χ1) is 9.21. The van der Waals surface area contributed by atoms with Gasteiger partial charge < -0.3 is 9.84 Å². The lowest BCUT2D eigenvalue weighted by atomic mass is 9.66. The van der Waals surface area contributed by atoms with Gasteiger partial charge in [0.15, 0.2) is 0 Å². The Kier molecular flexibility index (Phi) is 2.98. The van der Waals surface area contributed by atoms with Crippen LogP contribution in [0.15, 0.2) is 4.40 Å². The third-order valence-electron chi connectivity index (χ3n) is 4.92. The van der Waals surface area contributed by atoms with Gasteiger partial charge in [-0.15, -0.1) is 0 Å². The normalized spacial score (nSPS) is 35.9. The van der Waals surface area contributed by atoms with E-state index in [0.717, 1.165) is 0 Å². The largest absolute Gasteiger partial charge is 0.858 e. The van der Waals surface area contributed by atoms with Crippen LogP contribution in [0.4, 0.5) is 13.2 Å². The van der Waals surface area contributed by atoms with Crippen LogP contribution in [0.25, 0.3) is 0 Å². The molecule has 21 heavy (non-hydrogen) atoms. The number of sulfonamides is 1. The molecule has 2 fully saturated rings. The summed E-state index contributed by atoms with van der Waals surface area (Å²) in [6.07, 6.45) is 0.157. The molecule has 0 spiro atoms. The van der Waals surface area contributed by atoms with Gasteiger partial charge in [-0.05, 0) is 19.8 Å². The summed E-state index contributed by atoms with van der Waals surface area (Å²) in [6.45, 7) is 4.51. The van der Waals surface area contributed by atoms with E-state index in [0.29, 0.717) is 0 Å². The Morgan fingerprint density at radius 1 is 1.29 bits per heavy atom. The maximum atomic E-state index is 12.3. The Labute approximate surface area is 119 Å². The molecule has 0 radical (unpaired) electrons. The lowest BCUT2D eigenvalue weighted by molar-refractivity contribution is -0.244. The van der Waals surface area contributed by atoms with Gasteiger partial charge in [-0.3, -0.25) is 4.79 Å². The molecule has 0 aromatic carbocycles. The minimum atomic E-state index is -5.97. The predicted octanol–water partition coefficient (Wildman–Crippen LogP) is 0.717. The predicted molar refractivity (Wildman–Crippen MR) is 62.4 cm³/mol. The van der Waals surface area contributed by atoms with Crippen LogP contribution in [0.2, 0.25) is 0 Å². The maximum Gasteiger partial charge on any atom is 0.518 e. The van der Waals surface area contributed by atoms with Crippen molar-refractivity contribution in [2.24, 2.45) is 15.2 Å². The number of fused-ring (bicyclic) bond motifs is 2. The molecule has 1 heterocycles. The molecular formula is C11H13F3NO5S-. The quantitative estimate of drug-likeness (QED) is 0.423. The van der Waals surface area contributed by atoms with Crippen LogP contribution in [0.1, 0.15) is 33.6 Å². The first kappa shape index (κ1) is 16.1. The molecule has 1 aliphatic heterocycles. The fourth-order valence-corrected chi connectivity index (χ4v) is 3.43. The van der Waals surface area contributed by atoms with Gasteiger partial charge in [0, 0.05) is 11.3 Å². The van der Waals surface area contributed by atoms with Gasteiger partial charge in [0.1, 0.15) is 5.60 Å². The van der Waals surface area contributed by atoms with E-state index in [4.69, 9.17) is 4.74 Å². The number of ether oxygens (including phenoxy) is 1. The van der Waals surface area contributed by atoms with Crippen molar-refractivity contribution in [1.29, 1.82) is 0 Å². The molecule has 2 aliphatic rings. The molecule has 0 aromatic rings. The summed E-state index contributed by atoms with van der Waals surface area (Å²) in [5, 5.41) is 12.1. The molecule has 0 aromatic heterocycles. The van der Waals surface area contributed by atoms with E-state index in [-0.39, 0.29) is 12.8 Å². The summed E-state index contributed by atoms with van der Waals surface area (Å²) in [4.78, 5) is 11.9. The minimum Gasteiger partial charge on any atom is -0.858 e. The molecule has 1 saturated carbocycles. The molecule has 1 saturated heterocycles. The lowest BCUT2D eigenvalue weighted by Crippen LogP contribution is -2.53. The number of nitrogens with zero attached hydrogens (tertiary/aromatic N) is 1. The molecule has 2 atom stereocenters. The van der Waals surface area contributed by atoms with Crippen molar-refractivity contribution in [2.45, 2.75) is 44.7 Å². The Morgan fingerprint density at radius 3 is 2.14 bits per heavy atom. The number of hydrogen-bond donors (Lipinski definition) is 0. The number of esters is 1. The number of hydrogen-bond acceptors (Lipinski definition) is 5. The van der Waals surface area contributed by atoms with Crippen molar-refractivity contribution < 1.29 is 36.2 Å². The second-order valence-electron chi connectivity index (χ2n) is 5.99. The smallest absolute Gasteiger partial charge is 0.518 e. The molecule has 0 amide bonds. The van der Waals surface area contributed by atoms with Crippen molar-refractivity contribution >= 4 is 21.9 Å². The average Bonchev–Trinajstić information content (AvgIpc) is 2.57. The first-order valence-corrected chi connectivity index (χ1v) is 7.47. The zero-order valence-electron chi connectivity index (χ0n) is 11.4. The third kappa shape index (κ3) is 1.74. The fourth-order valence-electron chi connectivity index (χ4n) is 2.96. The van der Waals surface area contributed by atoms with Crippen LogP contribution in [0, 0.1) is 10.8 Å².